The molecule has 0 bridgehead atoms. The van der Waals surface area contributed by atoms with Crippen LogP contribution >= 0.6 is 12.4 Å². The lowest BCUT2D eigenvalue weighted by molar-refractivity contribution is -0.0566. The zero-order valence-corrected chi connectivity index (χ0v) is 11.6. The number of aryl methyl sites for hydroxylation is 1. The molecule has 17 heavy (non-hydrogen) atoms. The Labute approximate surface area is 110 Å². The van der Waals surface area contributed by atoms with Gasteiger partial charge in [0.05, 0.1) is 6.61 Å². The molecule has 1 aliphatic rings. The average Bonchev–Trinajstić information content (AvgIpc) is 2.24. The SMILES string of the molecule is Cc1ccccc1CC1NCC(C)(C)CO1.Cl. The van der Waals surface area contributed by atoms with Crippen LogP contribution in [0.15, 0.2) is 24.3 Å². The average molecular weight is 256 g/mol. The number of hydrogen-bond donors (Lipinski definition) is 1. The minimum Gasteiger partial charge on any atom is -0.362 e. The standard InChI is InChI=1S/C14H21NO.ClH/c1-11-6-4-5-7-12(11)8-13-15-9-14(2,3)10-16-13;/h4-7,13,15H,8-10H2,1-3H3;1H. The van der Waals surface area contributed by atoms with E-state index in [9.17, 15) is 0 Å². The van der Waals surface area contributed by atoms with E-state index in [1.54, 1.807) is 0 Å². The normalized spacial score (nSPS) is 22.9. The van der Waals surface area contributed by atoms with Crippen LogP contribution in [0, 0.1) is 12.3 Å². The predicted octanol–water partition coefficient (Wildman–Crippen LogP) is 2.93. The molecule has 0 spiro atoms. The van der Waals surface area contributed by atoms with Crippen molar-refractivity contribution in [3.05, 3.63) is 35.4 Å². The fourth-order valence-corrected chi connectivity index (χ4v) is 2.00. The van der Waals surface area contributed by atoms with Gasteiger partial charge < -0.3 is 4.74 Å². The summed E-state index contributed by atoms with van der Waals surface area (Å²) < 4.78 is 5.84. The van der Waals surface area contributed by atoms with Gasteiger partial charge >= 0.3 is 0 Å². The van der Waals surface area contributed by atoms with Crippen molar-refractivity contribution < 1.29 is 4.74 Å². The molecule has 1 unspecified atom stereocenters. The van der Waals surface area contributed by atoms with Crippen LogP contribution in [0.25, 0.3) is 0 Å². The van der Waals surface area contributed by atoms with Crippen LogP contribution < -0.4 is 5.32 Å². The maximum absolute atomic E-state index is 5.84. The lowest BCUT2D eigenvalue weighted by atomic mass is 9.93. The van der Waals surface area contributed by atoms with E-state index in [2.05, 4.69) is 50.4 Å². The first-order valence-electron chi connectivity index (χ1n) is 5.96. The van der Waals surface area contributed by atoms with Crippen molar-refractivity contribution in [3.63, 3.8) is 0 Å². The quantitative estimate of drug-likeness (QED) is 0.878. The molecule has 1 aromatic carbocycles. The van der Waals surface area contributed by atoms with Crippen LogP contribution in [0.1, 0.15) is 25.0 Å². The molecule has 1 atom stereocenters. The van der Waals surface area contributed by atoms with Crippen molar-refractivity contribution in [3.8, 4) is 0 Å². The summed E-state index contributed by atoms with van der Waals surface area (Å²) in [6.45, 7) is 8.48. The third-order valence-electron chi connectivity index (χ3n) is 3.15. The van der Waals surface area contributed by atoms with Crippen molar-refractivity contribution in [2.45, 2.75) is 33.4 Å². The molecule has 0 saturated carbocycles. The highest BCUT2D eigenvalue weighted by atomic mass is 35.5. The van der Waals surface area contributed by atoms with Gasteiger partial charge in [-0.3, -0.25) is 5.32 Å². The fraction of sp³-hybridized carbons (Fsp3) is 0.571. The topological polar surface area (TPSA) is 21.3 Å². The van der Waals surface area contributed by atoms with Gasteiger partial charge in [-0.25, -0.2) is 0 Å². The van der Waals surface area contributed by atoms with E-state index in [4.69, 9.17) is 4.74 Å². The second-order valence-electron chi connectivity index (χ2n) is 5.48. The van der Waals surface area contributed by atoms with Gasteiger partial charge in [-0.2, -0.15) is 0 Å². The van der Waals surface area contributed by atoms with E-state index in [0.29, 0.717) is 0 Å². The van der Waals surface area contributed by atoms with Crippen LogP contribution in [0.4, 0.5) is 0 Å². The zero-order chi connectivity index (χ0) is 11.6. The first-order valence-corrected chi connectivity index (χ1v) is 5.96. The number of nitrogens with one attached hydrogen (secondary N) is 1. The van der Waals surface area contributed by atoms with Crippen molar-refractivity contribution in [1.29, 1.82) is 0 Å². The Morgan fingerprint density at radius 3 is 2.65 bits per heavy atom. The predicted molar refractivity (Wildman–Crippen MR) is 73.7 cm³/mol. The number of ether oxygens (including phenoxy) is 1. The Hall–Kier alpha value is -0.570. The van der Waals surface area contributed by atoms with E-state index >= 15 is 0 Å². The lowest BCUT2D eigenvalue weighted by Crippen LogP contribution is -2.48. The molecule has 1 heterocycles. The Balaban J connectivity index is 0.00000144. The summed E-state index contributed by atoms with van der Waals surface area (Å²) in [5.41, 5.74) is 2.99. The Morgan fingerprint density at radius 2 is 2.06 bits per heavy atom. The second-order valence-corrected chi connectivity index (χ2v) is 5.48. The van der Waals surface area contributed by atoms with Gasteiger partial charge in [-0.15, -0.1) is 12.4 Å². The Morgan fingerprint density at radius 1 is 1.35 bits per heavy atom. The first kappa shape index (κ1) is 14.5. The second kappa shape index (κ2) is 5.85. The molecule has 2 rings (SSSR count). The highest BCUT2D eigenvalue weighted by molar-refractivity contribution is 5.85. The molecular formula is C14H22ClNO. The van der Waals surface area contributed by atoms with E-state index in [0.717, 1.165) is 19.6 Å². The summed E-state index contributed by atoms with van der Waals surface area (Å²) in [6, 6.07) is 8.51. The van der Waals surface area contributed by atoms with Crippen molar-refractivity contribution in [1.82, 2.24) is 5.32 Å². The Bertz CT molecular complexity index is 355. The summed E-state index contributed by atoms with van der Waals surface area (Å²) in [7, 11) is 0. The van der Waals surface area contributed by atoms with Gasteiger partial charge in [0.25, 0.3) is 0 Å². The summed E-state index contributed by atoms with van der Waals surface area (Å²) in [5, 5.41) is 3.46. The molecule has 0 aliphatic carbocycles. The van der Waals surface area contributed by atoms with E-state index < -0.39 is 0 Å². The fourth-order valence-electron chi connectivity index (χ4n) is 2.00. The molecule has 0 aromatic heterocycles. The first-order chi connectivity index (χ1) is 7.57. The minimum absolute atomic E-state index is 0. The van der Waals surface area contributed by atoms with Gasteiger partial charge in [0.15, 0.2) is 0 Å². The third kappa shape index (κ3) is 3.98. The molecule has 1 saturated heterocycles. The number of benzene rings is 1. The van der Waals surface area contributed by atoms with Crippen LogP contribution in [-0.2, 0) is 11.2 Å². The molecule has 1 N–H and O–H groups in total. The molecule has 0 amide bonds. The van der Waals surface area contributed by atoms with Gasteiger partial charge in [0.2, 0.25) is 0 Å². The summed E-state index contributed by atoms with van der Waals surface area (Å²) in [6.07, 6.45) is 1.14. The van der Waals surface area contributed by atoms with Crippen LogP contribution in [-0.4, -0.2) is 19.4 Å². The van der Waals surface area contributed by atoms with Crippen LogP contribution in [0.5, 0.6) is 0 Å². The largest absolute Gasteiger partial charge is 0.362 e. The van der Waals surface area contributed by atoms with Crippen LogP contribution in [0.3, 0.4) is 0 Å². The van der Waals surface area contributed by atoms with Gasteiger partial charge in [-0.1, -0.05) is 38.1 Å². The molecule has 1 fully saturated rings. The molecule has 0 radical (unpaired) electrons. The van der Waals surface area contributed by atoms with Gasteiger partial charge in [0.1, 0.15) is 6.23 Å². The third-order valence-corrected chi connectivity index (χ3v) is 3.15. The van der Waals surface area contributed by atoms with Crippen molar-refractivity contribution >= 4 is 12.4 Å². The maximum atomic E-state index is 5.84. The van der Waals surface area contributed by atoms with Gasteiger partial charge in [0, 0.05) is 18.4 Å². The van der Waals surface area contributed by atoms with E-state index in [1.165, 1.54) is 11.1 Å². The van der Waals surface area contributed by atoms with Crippen molar-refractivity contribution in [2.75, 3.05) is 13.2 Å². The number of rotatable bonds is 2. The summed E-state index contributed by atoms with van der Waals surface area (Å²) in [4.78, 5) is 0. The van der Waals surface area contributed by atoms with Crippen LogP contribution in [0.2, 0.25) is 0 Å². The molecule has 96 valence electrons. The highest BCUT2D eigenvalue weighted by Crippen LogP contribution is 2.21. The smallest absolute Gasteiger partial charge is 0.112 e. The summed E-state index contributed by atoms with van der Waals surface area (Å²) >= 11 is 0. The maximum Gasteiger partial charge on any atom is 0.112 e. The number of halogens is 1. The van der Waals surface area contributed by atoms with Gasteiger partial charge in [-0.05, 0) is 18.1 Å². The molecular weight excluding hydrogens is 234 g/mol. The molecule has 1 aliphatic heterocycles. The monoisotopic (exact) mass is 255 g/mol. The van der Waals surface area contributed by atoms with E-state index in [-0.39, 0.29) is 24.0 Å². The Kier molecular flexibility index (Phi) is 4.99. The minimum atomic E-state index is 0. The summed E-state index contributed by atoms with van der Waals surface area (Å²) in [5.74, 6) is 0. The zero-order valence-electron chi connectivity index (χ0n) is 10.8. The molecule has 1 aromatic rings. The molecule has 3 heteroatoms. The lowest BCUT2D eigenvalue weighted by Gasteiger charge is -2.35. The highest BCUT2D eigenvalue weighted by Gasteiger charge is 2.27. The van der Waals surface area contributed by atoms with E-state index in [1.807, 2.05) is 0 Å². The number of hydrogen-bond acceptors (Lipinski definition) is 2. The van der Waals surface area contributed by atoms with Crippen molar-refractivity contribution in [2.24, 2.45) is 5.41 Å². The molecule has 2 nitrogen and oxygen atoms in total.